The van der Waals surface area contributed by atoms with Gasteiger partial charge in [-0.15, -0.1) is 0 Å². The van der Waals surface area contributed by atoms with Crippen LogP contribution < -0.4 is 5.73 Å². The van der Waals surface area contributed by atoms with Crippen molar-refractivity contribution in [1.82, 2.24) is 4.90 Å². The number of nitrogens with two attached hydrogens (primary N) is 1. The summed E-state index contributed by atoms with van der Waals surface area (Å²) in [6.07, 6.45) is 2.25. The van der Waals surface area contributed by atoms with Crippen LogP contribution in [-0.2, 0) is 6.54 Å². The number of benzene rings is 1. The molecule has 1 aliphatic carbocycles. The van der Waals surface area contributed by atoms with Crippen molar-refractivity contribution in [2.75, 3.05) is 13.6 Å². The first-order valence-electron chi connectivity index (χ1n) is 5.71. The monoisotopic (exact) mass is 222 g/mol. The molecule has 1 aromatic rings. The zero-order chi connectivity index (χ0) is 11.8. The molecule has 3 heteroatoms. The topological polar surface area (TPSA) is 29.3 Å². The SMILES string of the molecule is Cc1cc(CN(C)CC2(N)CC2)ccc1F. The average molecular weight is 222 g/mol. The van der Waals surface area contributed by atoms with E-state index in [1.807, 2.05) is 12.1 Å². The molecular weight excluding hydrogens is 203 g/mol. The highest BCUT2D eigenvalue weighted by Crippen LogP contribution is 2.32. The van der Waals surface area contributed by atoms with Crippen molar-refractivity contribution < 1.29 is 4.39 Å². The van der Waals surface area contributed by atoms with Crippen LogP contribution >= 0.6 is 0 Å². The van der Waals surface area contributed by atoms with Crippen molar-refractivity contribution >= 4 is 0 Å². The molecule has 2 rings (SSSR count). The van der Waals surface area contributed by atoms with Crippen molar-refractivity contribution in [2.45, 2.75) is 31.8 Å². The second-order valence-corrected chi connectivity index (χ2v) is 5.12. The summed E-state index contributed by atoms with van der Waals surface area (Å²) < 4.78 is 13.1. The fourth-order valence-electron chi connectivity index (χ4n) is 2.03. The summed E-state index contributed by atoms with van der Waals surface area (Å²) in [5.74, 6) is -0.135. The Hall–Kier alpha value is -0.930. The molecule has 0 bridgehead atoms. The molecular formula is C13H19FN2. The molecule has 1 saturated carbocycles. The van der Waals surface area contributed by atoms with Crippen molar-refractivity contribution in [2.24, 2.45) is 5.73 Å². The smallest absolute Gasteiger partial charge is 0.126 e. The van der Waals surface area contributed by atoms with Crippen LogP contribution in [0, 0.1) is 12.7 Å². The third kappa shape index (κ3) is 2.80. The fourth-order valence-corrected chi connectivity index (χ4v) is 2.03. The van der Waals surface area contributed by atoms with Crippen molar-refractivity contribution in [1.29, 1.82) is 0 Å². The van der Waals surface area contributed by atoms with Gasteiger partial charge in [-0.2, -0.15) is 0 Å². The normalized spacial score (nSPS) is 17.8. The minimum Gasteiger partial charge on any atom is -0.324 e. The molecule has 1 aromatic carbocycles. The number of likely N-dealkylation sites (N-methyl/N-ethyl adjacent to an activating group) is 1. The highest BCUT2D eigenvalue weighted by Gasteiger charge is 2.38. The van der Waals surface area contributed by atoms with Gasteiger partial charge >= 0.3 is 0 Å². The Morgan fingerprint density at radius 2 is 2.12 bits per heavy atom. The maximum Gasteiger partial charge on any atom is 0.126 e. The van der Waals surface area contributed by atoms with E-state index in [4.69, 9.17) is 5.73 Å². The van der Waals surface area contributed by atoms with Crippen LogP contribution in [0.25, 0.3) is 0 Å². The maximum absolute atomic E-state index is 13.1. The summed E-state index contributed by atoms with van der Waals surface area (Å²) in [5, 5.41) is 0. The van der Waals surface area contributed by atoms with Crippen LogP contribution in [0.15, 0.2) is 18.2 Å². The van der Waals surface area contributed by atoms with E-state index in [0.717, 1.165) is 31.5 Å². The van der Waals surface area contributed by atoms with Gasteiger partial charge in [-0.25, -0.2) is 4.39 Å². The van der Waals surface area contributed by atoms with Crippen LogP contribution in [0.4, 0.5) is 4.39 Å². The van der Waals surface area contributed by atoms with Crippen LogP contribution in [0.5, 0.6) is 0 Å². The van der Waals surface area contributed by atoms with Gasteiger partial charge in [0.25, 0.3) is 0 Å². The lowest BCUT2D eigenvalue weighted by Gasteiger charge is -2.20. The van der Waals surface area contributed by atoms with Gasteiger partial charge in [-0.3, -0.25) is 0 Å². The first kappa shape index (κ1) is 11.6. The van der Waals surface area contributed by atoms with E-state index in [1.165, 1.54) is 6.07 Å². The Balaban J connectivity index is 1.95. The molecule has 0 atom stereocenters. The summed E-state index contributed by atoms with van der Waals surface area (Å²) in [6, 6.07) is 5.28. The van der Waals surface area contributed by atoms with Gasteiger partial charge in [-0.05, 0) is 44.0 Å². The molecule has 0 heterocycles. The van der Waals surface area contributed by atoms with Gasteiger partial charge in [0.1, 0.15) is 5.82 Å². The molecule has 0 unspecified atom stereocenters. The zero-order valence-electron chi connectivity index (χ0n) is 9.96. The van der Waals surface area contributed by atoms with E-state index in [1.54, 1.807) is 6.92 Å². The van der Waals surface area contributed by atoms with Gasteiger partial charge in [0.15, 0.2) is 0 Å². The predicted octanol–water partition coefficient (Wildman–Crippen LogP) is 2.06. The minimum atomic E-state index is -0.135. The molecule has 16 heavy (non-hydrogen) atoms. The van der Waals surface area contributed by atoms with Crippen molar-refractivity contribution in [3.63, 3.8) is 0 Å². The van der Waals surface area contributed by atoms with E-state index < -0.39 is 0 Å². The Morgan fingerprint density at radius 3 is 2.69 bits per heavy atom. The number of hydrogen-bond acceptors (Lipinski definition) is 2. The van der Waals surface area contributed by atoms with Gasteiger partial charge in [-0.1, -0.05) is 12.1 Å². The highest BCUT2D eigenvalue weighted by molar-refractivity contribution is 5.23. The van der Waals surface area contributed by atoms with Crippen LogP contribution in [0.3, 0.4) is 0 Å². The molecule has 2 N–H and O–H groups in total. The number of halogens is 1. The summed E-state index contributed by atoms with van der Waals surface area (Å²) in [5.41, 5.74) is 7.95. The molecule has 0 aromatic heterocycles. The molecule has 0 saturated heterocycles. The Morgan fingerprint density at radius 1 is 1.44 bits per heavy atom. The number of aryl methyl sites for hydroxylation is 1. The second kappa shape index (κ2) is 4.15. The second-order valence-electron chi connectivity index (χ2n) is 5.12. The zero-order valence-corrected chi connectivity index (χ0v) is 9.96. The number of hydrogen-bond donors (Lipinski definition) is 1. The predicted molar refractivity (Wildman–Crippen MR) is 63.6 cm³/mol. The fraction of sp³-hybridized carbons (Fsp3) is 0.538. The molecule has 0 spiro atoms. The summed E-state index contributed by atoms with van der Waals surface area (Å²) >= 11 is 0. The van der Waals surface area contributed by atoms with Crippen LogP contribution in [0.2, 0.25) is 0 Å². The summed E-state index contributed by atoms with van der Waals surface area (Å²) in [4.78, 5) is 2.21. The summed E-state index contributed by atoms with van der Waals surface area (Å²) in [7, 11) is 2.06. The molecule has 0 radical (unpaired) electrons. The van der Waals surface area contributed by atoms with E-state index >= 15 is 0 Å². The standard InChI is InChI=1S/C13H19FN2/c1-10-7-11(3-4-12(10)14)8-16(2)9-13(15)5-6-13/h3-4,7H,5-6,8-9,15H2,1-2H3. The van der Waals surface area contributed by atoms with Crippen molar-refractivity contribution in [3.8, 4) is 0 Å². The molecule has 1 fully saturated rings. The molecule has 1 aliphatic rings. The third-order valence-corrected chi connectivity index (χ3v) is 3.15. The Labute approximate surface area is 96.2 Å². The van der Waals surface area contributed by atoms with E-state index in [-0.39, 0.29) is 11.4 Å². The van der Waals surface area contributed by atoms with Crippen LogP contribution in [-0.4, -0.2) is 24.0 Å². The largest absolute Gasteiger partial charge is 0.324 e. The first-order valence-corrected chi connectivity index (χ1v) is 5.71. The number of rotatable bonds is 4. The Bertz CT molecular complexity index is 386. The van der Waals surface area contributed by atoms with E-state index in [9.17, 15) is 4.39 Å². The van der Waals surface area contributed by atoms with Gasteiger partial charge in [0.05, 0.1) is 0 Å². The van der Waals surface area contributed by atoms with E-state index in [2.05, 4.69) is 11.9 Å². The summed E-state index contributed by atoms with van der Waals surface area (Å²) in [6.45, 7) is 3.55. The molecule has 88 valence electrons. The van der Waals surface area contributed by atoms with Gasteiger partial charge in [0, 0.05) is 18.6 Å². The van der Waals surface area contributed by atoms with Crippen LogP contribution in [0.1, 0.15) is 24.0 Å². The minimum absolute atomic E-state index is 0.0455. The number of nitrogens with zero attached hydrogens (tertiary/aromatic N) is 1. The maximum atomic E-state index is 13.1. The first-order chi connectivity index (χ1) is 7.48. The molecule has 2 nitrogen and oxygen atoms in total. The molecule has 0 aliphatic heterocycles. The van der Waals surface area contributed by atoms with Gasteiger partial charge in [0.2, 0.25) is 0 Å². The van der Waals surface area contributed by atoms with E-state index in [0.29, 0.717) is 5.56 Å². The Kier molecular flexibility index (Phi) is 3.00. The van der Waals surface area contributed by atoms with Gasteiger partial charge < -0.3 is 10.6 Å². The lowest BCUT2D eigenvalue weighted by Crippen LogP contribution is -2.36. The quantitative estimate of drug-likeness (QED) is 0.845. The lowest BCUT2D eigenvalue weighted by atomic mass is 10.1. The van der Waals surface area contributed by atoms with Crippen molar-refractivity contribution in [3.05, 3.63) is 35.1 Å². The highest BCUT2D eigenvalue weighted by atomic mass is 19.1. The average Bonchev–Trinajstić information content (AvgIpc) is 2.89. The third-order valence-electron chi connectivity index (χ3n) is 3.15. The molecule has 0 amide bonds. The lowest BCUT2D eigenvalue weighted by molar-refractivity contribution is 0.295.